The molecule has 0 N–H and O–H groups in total. The maximum Gasteiger partial charge on any atom is 0.282 e. The summed E-state index contributed by atoms with van der Waals surface area (Å²) >= 11 is 3.41. The molecular weight excluding hydrogens is 390 g/mol. The van der Waals surface area contributed by atoms with Gasteiger partial charge >= 0.3 is 0 Å². The summed E-state index contributed by atoms with van der Waals surface area (Å²) in [5.74, 6) is 0.516. The van der Waals surface area contributed by atoms with Crippen LogP contribution in [0.25, 0.3) is 22.3 Å². The zero-order valence-corrected chi connectivity index (χ0v) is 15.3. The number of nitrogens with zero attached hydrogens (tertiary/aromatic N) is 3. The predicted molar refractivity (Wildman–Crippen MR) is 109 cm³/mol. The van der Waals surface area contributed by atoms with Crippen LogP contribution < -0.4 is 5.56 Å². The molecular formula is C21H14BrN3O. The Morgan fingerprint density at radius 3 is 2.35 bits per heavy atom. The van der Waals surface area contributed by atoms with Crippen LogP contribution in [0.2, 0.25) is 0 Å². The molecule has 0 aliphatic rings. The van der Waals surface area contributed by atoms with Crippen molar-refractivity contribution in [3.05, 3.63) is 99.3 Å². The summed E-state index contributed by atoms with van der Waals surface area (Å²) in [5, 5.41) is 4.98. The largest absolute Gasteiger partial charge is 0.282 e. The molecule has 4 rings (SSSR count). The lowest BCUT2D eigenvalue weighted by Gasteiger charge is -2.09. The molecule has 26 heavy (non-hydrogen) atoms. The van der Waals surface area contributed by atoms with Crippen LogP contribution in [-0.2, 0) is 0 Å². The van der Waals surface area contributed by atoms with Gasteiger partial charge in [-0.15, -0.1) is 0 Å². The highest BCUT2D eigenvalue weighted by atomic mass is 79.9. The van der Waals surface area contributed by atoms with Gasteiger partial charge in [-0.2, -0.15) is 9.78 Å². The number of rotatable bonds is 3. The molecule has 0 atom stereocenters. The van der Waals surface area contributed by atoms with E-state index in [1.165, 1.54) is 4.68 Å². The number of benzene rings is 3. The minimum atomic E-state index is -0.192. The average molecular weight is 404 g/mol. The molecule has 0 aliphatic carbocycles. The van der Waals surface area contributed by atoms with Crippen molar-refractivity contribution in [2.75, 3.05) is 0 Å². The van der Waals surface area contributed by atoms with E-state index in [0.717, 1.165) is 15.6 Å². The highest BCUT2D eigenvalue weighted by molar-refractivity contribution is 9.10. The fraction of sp³-hybridized carbons (Fsp3) is 0. The lowest BCUT2D eigenvalue weighted by molar-refractivity contribution is 0.830. The number of hydrogen-bond acceptors (Lipinski definition) is 3. The van der Waals surface area contributed by atoms with Gasteiger partial charge in [-0.3, -0.25) is 4.79 Å². The van der Waals surface area contributed by atoms with Gasteiger partial charge in [0.25, 0.3) is 5.56 Å². The van der Waals surface area contributed by atoms with E-state index >= 15 is 0 Å². The average Bonchev–Trinajstić information content (AvgIpc) is 2.69. The molecule has 0 saturated heterocycles. The van der Waals surface area contributed by atoms with Crippen LogP contribution in [0.5, 0.6) is 0 Å². The molecule has 4 nitrogen and oxygen atoms in total. The first kappa shape index (κ1) is 16.4. The van der Waals surface area contributed by atoms with Crippen molar-refractivity contribution in [2.45, 2.75) is 0 Å². The van der Waals surface area contributed by atoms with Gasteiger partial charge in [0.15, 0.2) is 5.82 Å². The third-order valence-corrected chi connectivity index (χ3v) is 4.51. The Labute approximate surface area is 158 Å². The van der Waals surface area contributed by atoms with Crippen LogP contribution in [0.4, 0.5) is 0 Å². The van der Waals surface area contributed by atoms with Gasteiger partial charge < -0.3 is 0 Å². The molecule has 0 saturated carbocycles. The summed E-state index contributed by atoms with van der Waals surface area (Å²) in [6.45, 7) is 0. The second kappa shape index (κ2) is 7.06. The SMILES string of the molecule is O=c1c2ccccc2nc(-c2ccccc2)n1N=Cc1ccc(Br)cc1. The second-order valence-electron chi connectivity index (χ2n) is 5.73. The first-order chi connectivity index (χ1) is 12.7. The molecule has 126 valence electrons. The van der Waals surface area contributed by atoms with E-state index in [2.05, 4.69) is 26.0 Å². The van der Waals surface area contributed by atoms with E-state index in [9.17, 15) is 4.79 Å². The highest BCUT2D eigenvalue weighted by Crippen LogP contribution is 2.18. The molecule has 0 radical (unpaired) electrons. The fourth-order valence-electron chi connectivity index (χ4n) is 2.68. The van der Waals surface area contributed by atoms with Gasteiger partial charge in [0.1, 0.15) is 0 Å². The Bertz CT molecular complexity index is 1150. The van der Waals surface area contributed by atoms with Gasteiger partial charge in [0.05, 0.1) is 17.1 Å². The molecule has 1 heterocycles. The Kier molecular flexibility index (Phi) is 4.46. The number of halogens is 1. The molecule has 0 unspecified atom stereocenters. The van der Waals surface area contributed by atoms with Crippen molar-refractivity contribution in [1.29, 1.82) is 0 Å². The molecule has 0 spiro atoms. The summed E-state index contributed by atoms with van der Waals surface area (Å²) in [4.78, 5) is 17.7. The number of hydrogen-bond donors (Lipinski definition) is 0. The highest BCUT2D eigenvalue weighted by Gasteiger charge is 2.11. The first-order valence-corrected chi connectivity index (χ1v) is 8.89. The first-order valence-electron chi connectivity index (χ1n) is 8.09. The van der Waals surface area contributed by atoms with Gasteiger partial charge in [-0.25, -0.2) is 4.98 Å². The zero-order chi connectivity index (χ0) is 17.9. The van der Waals surface area contributed by atoms with Crippen LogP contribution in [0, 0.1) is 0 Å². The minimum Gasteiger partial charge on any atom is -0.267 e. The fourth-order valence-corrected chi connectivity index (χ4v) is 2.94. The van der Waals surface area contributed by atoms with Gasteiger partial charge in [-0.1, -0.05) is 70.5 Å². The Morgan fingerprint density at radius 2 is 1.58 bits per heavy atom. The molecule has 0 amide bonds. The minimum absolute atomic E-state index is 0.192. The van der Waals surface area contributed by atoms with E-state index in [0.29, 0.717) is 16.7 Å². The monoisotopic (exact) mass is 403 g/mol. The number of fused-ring (bicyclic) bond motifs is 1. The van der Waals surface area contributed by atoms with Crippen LogP contribution in [0.15, 0.2) is 93.2 Å². The van der Waals surface area contributed by atoms with Crippen molar-refractivity contribution >= 4 is 33.0 Å². The molecule has 0 bridgehead atoms. The molecule has 0 aliphatic heterocycles. The molecule has 5 heteroatoms. The maximum absolute atomic E-state index is 13.0. The Hall–Kier alpha value is -3.05. The van der Waals surface area contributed by atoms with Crippen molar-refractivity contribution in [3.63, 3.8) is 0 Å². The summed E-state index contributed by atoms with van der Waals surface area (Å²) in [5.41, 5.74) is 2.20. The van der Waals surface area contributed by atoms with Crippen molar-refractivity contribution < 1.29 is 0 Å². The topological polar surface area (TPSA) is 47.2 Å². The third-order valence-electron chi connectivity index (χ3n) is 3.98. The predicted octanol–water partition coefficient (Wildman–Crippen LogP) is 4.71. The van der Waals surface area contributed by atoms with Crippen molar-refractivity contribution in [3.8, 4) is 11.4 Å². The number of para-hydroxylation sites is 1. The smallest absolute Gasteiger partial charge is 0.267 e. The summed E-state index contributed by atoms with van der Waals surface area (Å²) in [7, 11) is 0. The van der Waals surface area contributed by atoms with Crippen LogP contribution in [0.3, 0.4) is 0 Å². The standard InChI is InChI=1S/C21H14BrN3O/c22-17-12-10-15(11-13-17)14-23-25-20(16-6-2-1-3-7-16)24-19-9-5-4-8-18(19)21(25)26/h1-14H. The maximum atomic E-state index is 13.0. The van der Waals surface area contributed by atoms with Crippen molar-refractivity contribution in [2.24, 2.45) is 5.10 Å². The Morgan fingerprint density at radius 1 is 0.885 bits per heavy atom. The van der Waals surface area contributed by atoms with E-state index in [1.54, 1.807) is 12.3 Å². The lowest BCUT2D eigenvalue weighted by Crippen LogP contribution is -2.20. The second-order valence-corrected chi connectivity index (χ2v) is 6.65. The molecule has 3 aromatic carbocycles. The van der Waals surface area contributed by atoms with E-state index < -0.39 is 0 Å². The van der Waals surface area contributed by atoms with E-state index in [4.69, 9.17) is 0 Å². The third kappa shape index (κ3) is 3.21. The van der Waals surface area contributed by atoms with Gasteiger partial charge in [0.2, 0.25) is 0 Å². The molecule has 4 aromatic rings. The van der Waals surface area contributed by atoms with E-state index in [-0.39, 0.29) is 5.56 Å². The normalized spacial score (nSPS) is 11.3. The van der Waals surface area contributed by atoms with Gasteiger partial charge in [0, 0.05) is 10.0 Å². The molecule has 0 fully saturated rings. The summed E-state index contributed by atoms with van der Waals surface area (Å²) in [6.07, 6.45) is 1.66. The van der Waals surface area contributed by atoms with Crippen LogP contribution >= 0.6 is 15.9 Å². The quantitative estimate of drug-likeness (QED) is 0.465. The van der Waals surface area contributed by atoms with E-state index in [1.807, 2.05) is 72.8 Å². The summed E-state index contributed by atoms with van der Waals surface area (Å²) < 4.78 is 2.35. The summed E-state index contributed by atoms with van der Waals surface area (Å²) in [6, 6.07) is 24.6. The number of aromatic nitrogens is 2. The molecule has 1 aromatic heterocycles. The van der Waals surface area contributed by atoms with Crippen molar-refractivity contribution in [1.82, 2.24) is 9.66 Å². The van der Waals surface area contributed by atoms with Crippen LogP contribution in [-0.4, -0.2) is 15.9 Å². The Balaban J connectivity index is 1.92. The zero-order valence-electron chi connectivity index (χ0n) is 13.7. The van der Waals surface area contributed by atoms with Gasteiger partial charge in [-0.05, 0) is 29.8 Å². The lowest BCUT2D eigenvalue weighted by atomic mass is 10.2. The van der Waals surface area contributed by atoms with Crippen LogP contribution in [0.1, 0.15) is 5.56 Å².